The minimum absolute atomic E-state index is 0.111. The molecular formula is C12H14FNO3. The minimum Gasteiger partial charge on any atom is -0.507 e. The molecule has 0 aliphatic carbocycles. The van der Waals surface area contributed by atoms with Crippen molar-refractivity contribution in [2.45, 2.75) is 19.4 Å². The van der Waals surface area contributed by atoms with E-state index in [4.69, 9.17) is 10.5 Å². The van der Waals surface area contributed by atoms with E-state index >= 15 is 0 Å². The first-order chi connectivity index (χ1) is 7.95. The van der Waals surface area contributed by atoms with Crippen molar-refractivity contribution in [3.63, 3.8) is 0 Å². The van der Waals surface area contributed by atoms with Crippen molar-refractivity contribution in [1.82, 2.24) is 0 Å². The summed E-state index contributed by atoms with van der Waals surface area (Å²) in [6.07, 6.45) is 0.0656. The molecule has 0 radical (unpaired) electrons. The molecule has 1 rings (SSSR count). The highest BCUT2D eigenvalue weighted by Gasteiger charge is 2.17. The largest absolute Gasteiger partial charge is 0.507 e. The normalized spacial score (nSPS) is 11.9. The molecule has 1 amide bonds. The predicted octanol–water partition coefficient (Wildman–Crippen LogP) is 2.42. The van der Waals surface area contributed by atoms with Gasteiger partial charge < -0.3 is 15.6 Å². The number of nitrogens with two attached hydrogens (primary N) is 1. The number of allylic oxidation sites excluding steroid dienone is 1. The van der Waals surface area contributed by atoms with Crippen molar-refractivity contribution in [2.24, 2.45) is 5.73 Å². The highest BCUT2D eigenvalue weighted by Crippen LogP contribution is 2.31. The Bertz CT molecular complexity index is 446. The fraction of sp³-hybridized carbons (Fsp3) is 0.250. The zero-order chi connectivity index (χ0) is 13.0. The van der Waals surface area contributed by atoms with Crippen LogP contribution < -0.4 is 5.73 Å². The zero-order valence-electron chi connectivity index (χ0n) is 9.44. The van der Waals surface area contributed by atoms with E-state index in [1.165, 1.54) is 19.1 Å². The first-order valence-corrected chi connectivity index (χ1v) is 5.04. The van der Waals surface area contributed by atoms with Gasteiger partial charge in [0.1, 0.15) is 17.7 Å². The van der Waals surface area contributed by atoms with E-state index in [2.05, 4.69) is 6.58 Å². The molecule has 0 saturated carbocycles. The number of carbonyl (C=O) groups is 1. The lowest BCUT2D eigenvalue weighted by Gasteiger charge is -2.15. The number of phenols is 1. The lowest BCUT2D eigenvalue weighted by molar-refractivity contribution is 0.115. The molecule has 5 heteroatoms. The Morgan fingerprint density at radius 1 is 1.71 bits per heavy atom. The summed E-state index contributed by atoms with van der Waals surface area (Å²) in [6, 6.07) is 2.31. The van der Waals surface area contributed by atoms with Gasteiger partial charge >= 0.3 is 6.09 Å². The van der Waals surface area contributed by atoms with E-state index in [1.807, 2.05) is 0 Å². The molecule has 0 unspecified atom stereocenters. The SMILES string of the molecule is C=CCc1cc(F)cc([C@@H](C)OC(N)=O)c1O. The summed E-state index contributed by atoms with van der Waals surface area (Å²) < 4.78 is 18.0. The number of ether oxygens (including phenoxy) is 1. The third-order valence-corrected chi connectivity index (χ3v) is 2.28. The average molecular weight is 239 g/mol. The fourth-order valence-electron chi connectivity index (χ4n) is 1.54. The second-order valence-corrected chi connectivity index (χ2v) is 3.57. The summed E-state index contributed by atoms with van der Waals surface area (Å²) >= 11 is 0. The smallest absolute Gasteiger partial charge is 0.405 e. The number of phenolic OH excluding ortho intramolecular Hbond substituents is 1. The number of hydrogen-bond acceptors (Lipinski definition) is 3. The van der Waals surface area contributed by atoms with Gasteiger partial charge in [0, 0.05) is 11.1 Å². The quantitative estimate of drug-likeness (QED) is 0.792. The summed E-state index contributed by atoms with van der Waals surface area (Å²) in [5.41, 5.74) is 5.43. The van der Waals surface area contributed by atoms with Crippen LogP contribution in [0.4, 0.5) is 9.18 Å². The third kappa shape index (κ3) is 3.21. The standard InChI is InChI=1S/C12H14FNO3/c1-3-4-8-5-9(13)6-10(11(8)15)7(2)17-12(14)16/h3,5-7,15H,1,4H2,2H3,(H2,14,16)/t7-/m1/s1. The maximum absolute atomic E-state index is 13.3. The van der Waals surface area contributed by atoms with E-state index in [9.17, 15) is 14.3 Å². The molecule has 1 atom stereocenters. The summed E-state index contributed by atoms with van der Waals surface area (Å²) in [4.78, 5) is 10.6. The first-order valence-electron chi connectivity index (χ1n) is 5.04. The van der Waals surface area contributed by atoms with E-state index < -0.39 is 18.0 Å². The van der Waals surface area contributed by atoms with Gasteiger partial charge in [-0.1, -0.05) is 6.08 Å². The van der Waals surface area contributed by atoms with Crippen molar-refractivity contribution in [1.29, 1.82) is 0 Å². The number of aromatic hydroxyl groups is 1. The summed E-state index contributed by atoms with van der Waals surface area (Å²) in [6.45, 7) is 5.01. The number of carbonyl (C=O) groups excluding carboxylic acids is 1. The van der Waals surface area contributed by atoms with Crippen LogP contribution in [0.3, 0.4) is 0 Å². The first kappa shape index (κ1) is 13.0. The van der Waals surface area contributed by atoms with Gasteiger partial charge in [-0.3, -0.25) is 0 Å². The number of halogens is 1. The van der Waals surface area contributed by atoms with Crippen molar-refractivity contribution in [3.05, 3.63) is 41.7 Å². The van der Waals surface area contributed by atoms with Gasteiger partial charge in [-0.25, -0.2) is 9.18 Å². The molecule has 17 heavy (non-hydrogen) atoms. The van der Waals surface area contributed by atoms with Crippen LogP contribution in [0.25, 0.3) is 0 Å². The molecule has 1 aromatic rings. The Morgan fingerprint density at radius 2 is 2.35 bits per heavy atom. The number of benzene rings is 1. The highest BCUT2D eigenvalue weighted by molar-refractivity contribution is 5.65. The number of primary amides is 1. The van der Waals surface area contributed by atoms with Gasteiger partial charge in [-0.05, 0) is 25.5 Å². The minimum atomic E-state index is -0.980. The van der Waals surface area contributed by atoms with Crippen LogP contribution in [0.5, 0.6) is 5.75 Å². The van der Waals surface area contributed by atoms with Crippen molar-refractivity contribution in [3.8, 4) is 5.75 Å². The van der Waals surface area contributed by atoms with Crippen LogP contribution in [-0.4, -0.2) is 11.2 Å². The van der Waals surface area contributed by atoms with Crippen LogP contribution in [0.15, 0.2) is 24.8 Å². The van der Waals surface area contributed by atoms with Gasteiger partial charge in [0.2, 0.25) is 0 Å². The monoisotopic (exact) mass is 239 g/mol. The van der Waals surface area contributed by atoms with Crippen LogP contribution in [-0.2, 0) is 11.2 Å². The average Bonchev–Trinajstić information content (AvgIpc) is 2.22. The molecule has 0 heterocycles. The van der Waals surface area contributed by atoms with Crippen LogP contribution in [0.2, 0.25) is 0 Å². The Balaban J connectivity index is 3.14. The van der Waals surface area contributed by atoms with Crippen LogP contribution >= 0.6 is 0 Å². The molecule has 0 saturated heterocycles. The van der Waals surface area contributed by atoms with Gasteiger partial charge in [-0.15, -0.1) is 6.58 Å². The third-order valence-electron chi connectivity index (χ3n) is 2.28. The maximum Gasteiger partial charge on any atom is 0.405 e. The highest BCUT2D eigenvalue weighted by atomic mass is 19.1. The Morgan fingerprint density at radius 3 is 2.88 bits per heavy atom. The Labute approximate surface area is 98.5 Å². The number of rotatable bonds is 4. The maximum atomic E-state index is 13.3. The predicted molar refractivity (Wildman–Crippen MR) is 61.0 cm³/mol. The van der Waals surface area contributed by atoms with Crippen molar-refractivity contribution >= 4 is 6.09 Å². The van der Waals surface area contributed by atoms with Crippen molar-refractivity contribution in [2.75, 3.05) is 0 Å². The molecule has 0 bridgehead atoms. The molecular weight excluding hydrogens is 225 g/mol. The topological polar surface area (TPSA) is 72.5 Å². The van der Waals surface area contributed by atoms with E-state index in [0.717, 1.165) is 6.07 Å². The molecule has 92 valence electrons. The van der Waals surface area contributed by atoms with E-state index in [0.29, 0.717) is 12.0 Å². The second-order valence-electron chi connectivity index (χ2n) is 3.57. The summed E-state index contributed by atoms with van der Waals surface area (Å²) in [5.74, 6) is -0.630. The van der Waals surface area contributed by atoms with Crippen LogP contribution in [0.1, 0.15) is 24.2 Å². The molecule has 4 nitrogen and oxygen atoms in total. The Hall–Kier alpha value is -2.04. The summed E-state index contributed by atoms with van der Waals surface area (Å²) in [5, 5.41) is 9.88. The molecule has 0 spiro atoms. The molecule has 0 fully saturated rings. The molecule has 0 aliphatic heterocycles. The molecule has 0 aliphatic rings. The van der Waals surface area contributed by atoms with Crippen LogP contribution in [0, 0.1) is 5.82 Å². The van der Waals surface area contributed by atoms with E-state index in [1.54, 1.807) is 0 Å². The van der Waals surface area contributed by atoms with Gasteiger partial charge in [0.05, 0.1) is 0 Å². The van der Waals surface area contributed by atoms with Gasteiger partial charge in [0.25, 0.3) is 0 Å². The Kier molecular flexibility index (Phi) is 4.09. The second kappa shape index (κ2) is 5.34. The molecule has 1 aromatic carbocycles. The molecule has 3 N–H and O–H groups in total. The number of amides is 1. The fourth-order valence-corrected chi connectivity index (χ4v) is 1.54. The van der Waals surface area contributed by atoms with E-state index in [-0.39, 0.29) is 11.3 Å². The lowest BCUT2D eigenvalue weighted by Crippen LogP contribution is -2.16. The summed E-state index contributed by atoms with van der Waals surface area (Å²) in [7, 11) is 0. The molecule has 0 aromatic heterocycles. The van der Waals surface area contributed by atoms with Gasteiger partial charge in [0.15, 0.2) is 0 Å². The number of hydrogen-bond donors (Lipinski definition) is 2. The van der Waals surface area contributed by atoms with Crippen molar-refractivity contribution < 1.29 is 19.0 Å². The zero-order valence-corrected chi connectivity index (χ0v) is 9.44. The van der Waals surface area contributed by atoms with Gasteiger partial charge in [-0.2, -0.15) is 0 Å². The lowest BCUT2D eigenvalue weighted by atomic mass is 10.0.